The fraction of sp³-hybridized carbons (Fsp3) is 0.300. The summed E-state index contributed by atoms with van der Waals surface area (Å²) in [5.41, 5.74) is 0.441. The Morgan fingerprint density at radius 1 is 1.35 bits per heavy atom. The molecule has 0 radical (unpaired) electrons. The van der Waals surface area contributed by atoms with Crippen molar-refractivity contribution in [2.75, 3.05) is 18.4 Å². The van der Waals surface area contributed by atoms with Crippen LogP contribution in [0.25, 0.3) is 0 Å². The molecular weight excluding hydrogens is 257 g/mol. The number of hydrogen-bond donors (Lipinski definition) is 2. The van der Waals surface area contributed by atoms with Crippen molar-refractivity contribution >= 4 is 23.2 Å². The first-order valence-electron chi connectivity index (χ1n) is 4.70. The third kappa shape index (κ3) is 6.13. The lowest BCUT2D eigenvalue weighted by molar-refractivity contribution is -0.126. The van der Waals surface area contributed by atoms with Gasteiger partial charge in [-0.3, -0.25) is 4.79 Å². The molecule has 1 amide bonds. The number of hydrogen-bond acceptors (Lipinski definition) is 2. The van der Waals surface area contributed by atoms with Crippen LogP contribution < -0.4 is 10.6 Å². The van der Waals surface area contributed by atoms with Crippen molar-refractivity contribution in [3.63, 3.8) is 0 Å². The zero-order valence-corrected chi connectivity index (χ0v) is 9.40. The Morgan fingerprint density at radius 3 is 2.65 bits per heavy atom. The second-order valence-electron chi connectivity index (χ2n) is 3.28. The van der Waals surface area contributed by atoms with Crippen molar-refractivity contribution in [3.05, 3.63) is 29.3 Å². The topological polar surface area (TPSA) is 41.1 Å². The summed E-state index contributed by atoms with van der Waals surface area (Å²) in [7, 11) is 0. The van der Waals surface area contributed by atoms with Crippen LogP contribution in [0.2, 0.25) is 5.02 Å². The maximum absolute atomic E-state index is 11.8. The van der Waals surface area contributed by atoms with Gasteiger partial charge in [-0.25, -0.2) is 0 Å². The first-order valence-corrected chi connectivity index (χ1v) is 5.07. The van der Waals surface area contributed by atoms with Gasteiger partial charge in [-0.05, 0) is 18.2 Å². The minimum Gasteiger partial charge on any atom is -0.325 e. The molecular formula is C10H10ClF3N2O. The van der Waals surface area contributed by atoms with Gasteiger partial charge in [-0.2, -0.15) is 13.2 Å². The van der Waals surface area contributed by atoms with Gasteiger partial charge in [0.25, 0.3) is 0 Å². The zero-order chi connectivity index (χ0) is 12.9. The Morgan fingerprint density at radius 2 is 2.06 bits per heavy atom. The van der Waals surface area contributed by atoms with Gasteiger partial charge >= 0.3 is 6.18 Å². The molecule has 17 heavy (non-hydrogen) atoms. The molecule has 7 heteroatoms. The van der Waals surface area contributed by atoms with Gasteiger partial charge in [0.05, 0.1) is 13.1 Å². The van der Waals surface area contributed by atoms with Gasteiger partial charge in [0, 0.05) is 10.7 Å². The summed E-state index contributed by atoms with van der Waals surface area (Å²) in [6.07, 6.45) is -4.32. The van der Waals surface area contributed by atoms with Crippen LogP contribution in [-0.4, -0.2) is 25.2 Å². The number of rotatable bonds is 4. The monoisotopic (exact) mass is 266 g/mol. The van der Waals surface area contributed by atoms with Crippen molar-refractivity contribution in [2.45, 2.75) is 6.18 Å². The smallest absolute Gasteiger partial charge is 0.325 e. The summed E-state index contributed by atoms with van der Waals surface area (Å²) >= 11 is 5.68. The highest BCUT2D eigenvalue weighted by molar-refractivity contribution is 6.30. The van der Waals surface area contributed by atoms with Crippen molar-refractivity contribution in [3.8, 4) is 0 Å². The van der Waals surface area contributed by atoms with Crippen molar-refractivity contribution < 1.29 is 18.0 Å². The Bertz CT molecular complexity index is 395. The standard InChI is InChI=1S/C10H10ClF3N2O/c11-7-2-1-3-8(4-7)16-9(17)5-15-6-10(12,13)14/h1-4,15H,5-6H2,(H,16,17). The van der Waals surface area contributed by atoms with E-state index in [-0.39, 0.29) is 0 Å². The van der Waals surface area contributed by atoms with E-state index in [1.165, 1.54) is 6.07 Å². The maximum Gasteiger partial charge on any atom is 0.401 e. The van der Waals surface area contributed by atoms with Gasteiger partial charge in [-0.1, -0.05) is 17.7 Å². The summed E-state index contributed by atoms with van der Waals surface area (Å²) in [5, 5.41) is 4.84. The molecule has 2 N–H and O–H groups in total. The normalized spacial score (nSPS) is 11.3. The lowest BCUT2D eigenvalue weighted by Crippen LogP contribution is -2.35. The van der Waals surface area contributed by atoms with Crippen LogP contribution in [0.5, 0.6) is 0 Å². The van der Waals surface area contributed by atoms with Gasteiger partial charge in [0.2, 0.25) is 5.91 Å². The number of halogens is 4. The van der Waals surface area contributed by atoms with Crippen LogP contribution >= 0.6 is 11.6 Å². The number of alkyl halides is 3. The zero-order valence-electron chi connectivity index (χ0n) is 8.64. The molecule has 0 saturated carbocycles. The lowest BCUT2D eigenvalue weighted by atomic mass is 10.3. The van der Waals surface area contributed by atoms with Gasteiger partial charge < -0.3 is 10.6 Å². The van der Waals surface area contributed by atoms with Crippen LogP contribution in [0.15, 0.2) is 24.3 Å². The maximum atomic E-state index is 11.8. The molecule has 94 valence electrons. The third-order valence-corrected chi connectivity index (χ3v) is 1.95. The average Bonchev–Trinajstić information content (AvgIpc) is 2.15. The number of nitrogens with one attached hydrogen (secondary N) is 2. The number of amides is 1. The first-order chi connectivity index (χ1) is 7.87. The van der Waals surface area contributed by atoms with Gasteiger partial charge in [0.1, 0.15) is 0 Å². The predicted octanol–water partition coefficient (Wildman–Crippen LogP) is 2.43. The number of anilines is 1. The molecule has 1 aromatic carbocycles. The highest BCUT2D eigenvalue weighted by atomic mass is 35.5. The van der Waals surface area contributed by atoms with Crippen LogP contribution in [0.4, 0.5) is 18.9 Å². The molecule has 0 aliphatic rings. The predicted molar refractivity (Wildman–Crippen MR) is 59.0 cm³/mol. The molecule has 0 heterocycles. The Hall–Kier alpha value is -1.27. The van der Waals surface area contributed by atoms with Gasteiger partial charge in [0.15, 0.2) is 0 Å². The van der Waals surface area contributed by atoms with E-state index >= 15 is 0 Å². The van der Waals surface area contributed by atoms with Gasteiger partial charge in [-0.15, -0.1) is 0 Å². The Labute approximate surface area is 101 Å². The van der Waals surface area contributed by atoms with Crippen molar-refractivity contribution in [1.82, 2.24) is 5.32 Å². The van der Waals surface area contributed by atoms with Crippen LogP contribution in [-0.2, 0) is 4.79 Å². The molecule has 1 aromatic rings. The fourth-order valence-corrected chi connectivity index (χ4v) is 1.28. The largest absolute Gasteiger partial charge is 0.401 e. The molecule has 3 nitrogen and oxygen atoms in total. The quantitative estimate of drug-likeness (QED) is 0.879. The van der Waals surface area contributed by atoms with Crippen molar-refractivity contribution in [2.24, 2.45) is 0 Å². The average molecular weight is 267 g/mol. The molecule has 1 rings (SSSR count). The second kappa shape index (κ2) is 5.88. The molecule has 0 spiro atoms. The Balaban J connectivity index is 2.35. The summed E-state index contributed by atoms with van der Waals surface area (Å²) in [6.45, 7) is -1.61. The van der Waals surface area contributed by atoms with E-state index in [0.29, 0.717) is 10.7 Å². The summed E-state index contributed by atoms with van der Waals surface area (Å²) in [6, 6.07) is 6.34. The van der Waals surface area contributed by atoms with E-state index in [2.05, 4.69) is 5.32 Å². The molecule has 0 aromatic heterocycles. The highest BCUT2D eigenvalue weighted by Gasteiger charge is 2.26. The molecule has 0 unspecified atom stereocenters. The molecule has 0 aliphatic heterocycles. The van der Waals surface area contributed by atoms with E-state index in [1.807, 2.05) is 5.32 Å². The van der Waals surface area contributed by atoms with E-state index in [4.69, 9.17) is 11.6 Å². The summed E-state index contributed by atoms with van der Waals surface area (Å²) in [5.74, 6) is -0.559. The van der Waals surface area contributed by atoms with Crippen LogP contribution in [0, 0.1) is 0 Å². The number of carbonyl (C=O) groups is 1. The molecule has 0 saturated heterocycles. The SMILES string of the molecule is O=C(CNCC(F)(F)F)Nc1cccc(Cl)c1. The van der Waals surface area contributed by atoms with Crippen LogP contribution in [0.3, 0.4) is 0 Å². The minimum absolute atomic E-state index is 0.411. The fourth-order valence-electron chi connectivity index (χ4n) is 1.09. The molecule has 0 atom stereocenters. The molecule has 0 bridgehead atoms. The first kappa shape index (κ1) is 13.8. The van der Waals surface area contributed by atoms with E-state index in [9.17, 15) is 18.0 Å². The lowest BCUT2D eigenvalue weighted by Gasteiger charge is -2.08. The Kier molecular flexibility index (Phi) is 4.77. The molecule has 0 fully saturated rings. The van der Waals surface area contributed by atoms with E-state index in [0.717, 1.165) is 0 Å². The third-order valence-electron chi connectivity index (χ3n) is 1.72. The van der Waals surface area contributed by atoms with E-state index < -0.39 is 25.2 Å². The summed E-state index contributed by atoms with van der Waals surface area (Å²) < 4.78 is 35.3. The highest BCUT2D eigenvalue weighted by Crippen LogP contribution is 2.14. The second-order valence-corrected chi connectivity index (χ2v) is 3.71. The molecule has 0 aliphatic carbocycles. The number of carbonyl (C=O) groups excluding carboxylic acids is 1. The number of benzene rings is 1. The minimum atomic E-state index is -4.32. The summed E-state index contributed by atoms with van der Waals surface area (Å²) in [4.78, 5) is 11.2. The van der Waals surface area contributed by atoms with Crippen LogP contribution in [0.1, 0.15) is 0 Å². The van der Waals surface area contributed by atoms with E-state index in [1.54, 1.807) is 18.2 Å². The van der Waals surface area contributed by atoms with Crippen molar-refractivity contribution in [1.29, 1.82) is 0 Å².